The molecule has 0 saturated heterocycles. The van der Waals surface area contributed by atoms with E-state index in [0.29, 0.717) is 11.5 Å². The molecule has 0 aliphatic carbocycles. The number of H-pyrrole nitrogens is 1. The van der Waals surface area contributed by atoms with Crippen molar-refractivity contribution in [2.75, 3.05) is 12.4 Å². The summed E-state index contributed by atoms with van der Waals surface area (Å²) in [5.74, 6) is 0.463. The zero-order valence-electron chi connectivity index (χ0n) is 10.6. The third-order valence-electron chi connectivity index (χ3n) is 2.62. The molecule has 0 bridgehead atoms. The maximum Gasteiger partial charge on any atom is 0.243 e. The quantitative estimate of drug-likeness (QED) is 0.755. The van der Waals surface area contributed by atoms with Crippen molar-refractivity contribution in [3.05, 3.63) is 36.4 Å². The van der Waals surface area contributed by atoms with Crippen LogP contribution >= 0.6 is 0 Å². The van der Waals surface area contributed by atoms with Crippen LogP contribution in [0.3, 0.4) is 0 Å². The Morgan fingerprint density at radius 3 is 2.68 bits per heavy atom. The Labute approximate surface area is 111 Å². The SMILES string of the molecule is CNc1ccccc1S(=O)(=O)NC(C)c1ncn[nH]1. The van der Waals surface area contributed by atoms with Crippen LogP contribution in [-0.4, -0.2) is 30.6 Å². The lowest BCUT2D eigenvalue weighted by Crippen LogP contribution is -2.28. The van der Waals surface area contributed by atoms with Gasteiger partial charge in [0.1, 0.15) is 17.0 Å². The van der Waals surface area contributed by atoms with E-state index in [1.807, 2.05) is 0 Å². The highest BCUT2D eigenvalue weighted by atomic mass is 32.2. The van der Waals surface area contributed by atoms with Crippen molar-refractivity contribution in [3.8, 4) is 0 Å². The molecule has 1 heterocycles. The molecule has 0 radical (unpaired) electrons. The van der Waals surface area contributed by atoms with Crippen LogP contribution in [0.15, 0.2) is 35.5 Å². The molecule has 2 rings (SSSR count). The van der Waals surface area contributed by atoms with Crippen LogP contribution < -0.4 is 10.0 Å². The summed E-state index contributed by atoms with van der Waals surface area (Å²) in [6.07, 6.45) is 1.33. The molecule has 8 heteroatoms. The highest BCUT2D eigenvalue weighted by Gasteiger charge is 2.22. The highest BCUT2D eigenvalue weighted by Crippen LogP contribution is 2.21. The predicted octanol–water partition coefficient (Wildman–Crippen LogP) is 0.886. The third-order valence-corrected chi connectivity index (χ3v) is 4.22. The van der Waals surface area contributed by atoms with E-state index in [0.717, 1.165) is 0 Å². The molecule has 1 aromatic carbocycles. The standard InChI is InChI=1S/C11H15N5O2S/c1-8(11-13-7-14-15-11)16-19(17,18)10-6-4-3-5-9(10)12-2/h3-8,12,16H,1-2H3,(H,13,14,15). The Balaban J connectivity index is 2.28. The molecule has 0 saturated carbocycles. The maximum absolute atomic E-state index is 12.3. The smallest absolute Gasteiger partial charge is 0.243 e. The molecule has 0 spiro atoms. The van der Waals surface area contributed by atoms with E-state index in [2.05, 4.69) is 25.2 Å². The molecule has 0 aliphatic heterocycles. The first-order chi connectivity index (χ1) is 9.04. The van der Waals surface area contributed by atoms with Gasteiger partial charge < -0.3 is 5.32 Å². The molecule has 1 atom stereocenters. The second kappa shape index (κ2) is 5.37. The lowest BCUT2D eigenvalue weighted by Gasteiger charge is -2.14. The number of sulfonamides is 1. The van der Waals surface area contributed by atoms with Crippen molar-refractivity contribution in [1.82, 2.24) is 19.9 Å². The van der Waals surface area contributed by atoms with Gasteiger partial charge in [-0.3, -0.25) is 5.10 Å². The lowest BCUT2D eigenvalue weighted by atomic mass is 10.3. The fraction of sp³-hybridized carbons (Fsp3) is 0.273. The number of hydrogen-bond acceptors (Lipinski definition) is 5. The minimum Gasteiger partial charge on any atom is -0.387 e. The van der Waals surface area contributed by atoms with Crippen molar-refractivity contribution < 1.29 is 8.42 Å². The minimum absolute atomic E-state index is 0.198. The molecular formula is C11H15N5O2S. The Morgan fingerprint density at radius 1 is 1.32 bits per heavy atom. The van der Waals surface area contributed by atoms with E-state index in [9.17, 15) is 8.42 Å². The Hall–Kier alpha value is -1.93. The van der Waals surface area contributed by atoms with E-state index in [1.54, 1.807) is 38.2 Å². The summed E-state index contributed by atoms with van der Waals surface area (Å²) in [4.78, 5) is 4.13. The zero-order chi connectivity index (χ0) is 13.9. The Morgan fingerprint density at radius 2 is 2.05 bits per heavy atom. The molecule has 0 aliphatic rings. The summed E-state index contributed by atoms with van der Waals surface area (Å²) in [5, 5.41) is 9.19. The van der Waals surface area contributed by atoms with Crippen LogP contribution in [0.1, 0.15) is 18.8 Å². The number of aromatic nitrogens is 3. The summed E-state index contributed by atoms with van der Waals surface area (Å²) in [7, 11) is -1.95. The molecule has 3 N–H and O–H groups in total. The Bertz CT molecular complexity index is 639. The van der Waals surface area contributed by atoms with Crippen LogP contribution in [0.5, 0.6) is 0 Å². The molecule has 19 heavy (non-hydrogen) atoms. The number of nitrogens with zero attached hydrogens (tertiary/aromatic N) is 2. The fourth-order valence-electron chi connectivity index (χ4n) is 1.68. The predicted molar refractivity (Wildman–Crippen MR) is 71.1 cm³/mol. The monoisotopic (exact) mass is 281 g/mol. The molecule has 102 valence electrons. The van der Waals surface area contributed by atoms with Crippen molar-refractivity contribution >= 4 is 15.7 Å². The van der Waals surface area contributed by atoms with Gasteiger partial charge in [-0.15, -0.1) is 0 Å². The number of nitrogens with one attached hydrogen (secondary N) is 3. The second-order valence-corrected chi connectivity index (χ2v) is 5.64. The average molecular weight is 281 g/mol. The van der Waals surface area contributed by atoms with Gasteiger partial charge in [-0.25, -0.2) is 18.1 Å². The van der Waals surface area contributed by atoms with Gasteiger partial charge in [-0.1, -0.05) is 12.1 Å². The lowest BCUT2D eigenvalue weighted by molar-refractivity contribution is 0.560. The molecule has 0 amide bonds. The largest absolute Gasteiger partial charge is 0.387 e. The van der Waals surface area contributed by atoms with Crippen LogP contribution in [0, 0.1) is 0 Å². The summed E-state index contributed by atoms with van der Waals surface area (Å²) in [6, 6.07) is 6.20. The van der Waals surface area contributed by atoms with Crippen LogP contribution in [0.25, 0.3) is 0 Å². The highest BCUT2D eigenvalue weighted by molar-refractivity contribution is 7.89. The van der Waals surface area contributed by atoms with E-state index < -0.39 is 16.1 Å². The maximum atomic E-state index is 12.3. The number of para-hydroxylation sites is 1. The second-order valence-electron chi connectivity index (χ2n) is 3.96. The summed E-state index contributed by atoms with van der Waals surface area (Å²) in [5.41, 5.74) is 0.541. The molecule has 0 fully saturated rings. The molecule has 1 unspecified atom stereocenters. The van der Waals surface area contributed by atoms with Crippen molar-refractivity contribution in [2.24, 2.45) is 0 Å². The first kappa shape index (κ1) is 13.5. The zero-order valence-corrected chi connectivity index (χ0v) is 11.4. The van der Waals surface area contributed by atoms with Gasteiger partial charge in [0.15, 0.2) is 0 Å². The van der Waals surface area contributed by atoms with Crippen molar-refractivity contribution in [3.63, 3.8) is 0 Å². The topological polar surface area (TPSA) is 99.8 Å². The van der Waals surface area contributed by atoms with E-state index >= 15 is 0 Å². The molecule has 2 aromatic rings. The fourth-order valence-corrected chi connectivity index (χ4v) is 3.10. The molecular weight excluding hydrogens is 266 g/mol. The van der Waals surface area contributed by atoms with Gasteiger partial charge in [0.05, 0.1) is 11.7 Å². The minimum atomic E-state index is -3.63. The summed E-state index contributed by atoms with van der Waals surface area (Å²) < 4.78 is 27.2. The molecule has 7 nitrogen and oxygen atoms in total. The Kier molecular flexibility index (Phi) is 3.82. The van der Waals surface area contributed by atoms with E-state index in [-0.39, 0.29) is 4.90 Å². The summed E-state index contributed by atoms with van der Waals surface area (Å²) in [6.45, 7) is 1.69. The van der Waals surface area contributed by atoms with Crippen LogP contribution in [0.2, 0.25) is 0 Å². The van der Waals surface area contributed by atoms with Gasteiger partial charge >= 0.3 is 0 Å². The third kappa shape index (κ3) is 2.91. The number of rotatable bonds is 5. The van der Waals surface area contributed by atoms with Gasteiger partial charge in [-0.05, 0) is 19.1 Å². The first-order valence-corrected chi connectivity index (χ1v) is 7.17. The van der Waals surface area contributed by atoms with Gasteiger partial charge in [-0.2, -0.15) is 5.10 Å². The first-order valence-electron chi connectivity index (χ1n) is 5.69. The number of hydrogen-bond donors (Lipinski definition) is 3. The van der Waals surface area contributed by atoms with E-state index in [4.69, 9.17) is 0 Å². The summed E-state index contributed by atoms with van der Waals surface area (Å²) >= 11 is 0. The average Bonchev–Trinajstić information content (AvgIpc) is 2.92. The van der Waals surface area contributed by atoms with Crippen molar-refractivity contribution in [1.29, 1.82) is 0 Å². The number of benzene rings is 1. The normalized spacial score (nSPS) is 13.2. The van der Waals surface area contributed by atoms with Gasteiger partial charge in [0.2, 0.25) is 10.0 Å². The molecule has 1 aromatic heterocycles. The number of anilines is 1. The van der Waals surface area contributed by atoms with Gasteiger partial charge in [0.25, 0.3) is 0 Å². The van der Waals surface area contributed by atoms with Crippen LogP contribution in [0.4, 0.5) is 5.69 Å². The van der Waals surface area contributed by atoms with Gasteiger partial charge in [0, 0.05) is 7.05 Å². The van der Waals surface area contributed by atoms with Crippen molar-refractivity contribution in [2.45, 2.75) is 17.9 Å². The number of aromatic amines is 1. The van der Waals surface area contributed by atoms with E-state index in [1.165, 1.54) is 6.33 Å². The van der Waals surface area contributed by atoms with Crippen LogP contribution in [-0.2, 0) is 10.0 Å².